The van der Waals surface area contributed by atoms with E-state index in [1.54, 1.807) is 24.3 Å². The molecule has 0 saturated heterocycles. The first-order valence-electron chi connectivity index (χ1n) is 10.7. The number of aryl methyl sites for hydroxylation is 1. The van der Waals surface area contributed by atoms with Crippen molar-refractivity contribution in [1.82, 2.24) is 20.0 Å². The number of imide groups is 1. The molecule has 1 aliphatic heterocycles. The Hall–Kier alpha value is -3.74. The average molecular weight is 431 g/mol. The maximum atomic E-state index is 13.2. The van der Waals surface area contributed by atoms with Crippen molar-refractivity contribution < 1.29 is 14.4 Å². The lowest BCUT2D eigenvalue weighted by Crippen LogP contribution is -2.52. The van der Waals surface area contributed by atoms with Crippen molar-refractivity contribution in [2.45, 2.75) is 40.3 Å². The Kier molecular flexibility index (Phi) is 5.65. The highest BCUT2D eigenvalue weighted by molar-refractivity contribution is 6.22. The van der Waals surface area contributed by atoms with Crippen molar-refractivity contribution in [2.75, 3.05) is 0 Å². The second-order valence-corrected chi connectivity index (χ2v) is 8.33. The van der Waals surface area contributed by atoms with Crippen LogP contribution >= 0.6 is 0 Å². The molecular weight excluding hydrogens is 404 g/mol. The first kappa shape index (κ1) is 21.5. The van der Waals surface area contributed by atoms with E-state index in [0.717, 1.165) is 27.5 Å². The Morgan fingerprint density at radius 1 is 0.938 bits per heavy atom. The van der Waals surface area contributed by atoms with Crippen LogP contribution in [0.5, 0.6) is 0 Å². The summed E-state index contributed by atoms with van der Waals surface area (Å²) in [6.07, 6.45) is 0. The molecule has 7 heteroatoms. The summed E-state index contributed by atoms with van der Waals surface area (Å²) in [4.78, 5) is 40.1. The van der Waals surface area contributed by atoms with Gasteiger partial charge in [-0.15, -0.1) is 0 Å². The number of para-hydroxylation sites is 1. The zero-order valence-corrected chi connectivity index (χ0v) is 18.6. The van der Waals surface area contributed by atoms with E-state index in [9.17, 15) is 14.4 Å². The Labute approximate surface area is 187 Å². The maximum absolute atomic E-state index is 13.2. The summed E-state index contributed by atoms with van der Waals surface area (Å²) in [5, 5.41) is 7.55. The zero-order valence-electron chi connectivity index (χ0n) is 18.6. The van der Waals surface area contributed by atoms with Crippen LogP contribution in [0.4, 0.5) is 0 Å². The first-order valence-corrected chi connectivity index (χ1v) is 10.7. The topological polar surface area (TPSA) is 84.3 Å². The van der Waals surface area contributed by atoms with Gasteiger partial charge in [0.2, 0.25) is 5.91 Å². The quantitative estimate of drug-likeness (QED) is 0.608. The van der Waals surface area contributed by atoms with Gasteiger partial charge in [0.25, 0.3) is 11.8 Å². The van der Waals surface area contributed by atoms with E-state index in [1.165, 1.54) is 0 Å². The van der Waals surface area contributed by atoms with E-state index in [0.29, 0.717) is 11.1 Å². The minimum absolute atomic E-state index is 0.244. The van der Waals surface area contributed by atoms with Gasteiger partial charge in [-0.2, -0.15) is 5.10 Å². The Balaban J connectivity index is 1.55. The molecule has 164 valence electrons. The highest BCUT2D eigenvalue weighted by Gasteiger charge is 2.43. The zero-order chi connectivity index (χ0) is 23.0. The molecule has 0 spiro atoms. The molecule has 1 aromatic heterocycles. The first-order chi connectivity index (χ1) is 15.3. The number of hydrogen-bond donors (Lipinski definition) is 1. The van der Waals surface area contributed by atoms with Crippen molar-refractivity contribution in [1.29, 1.82) is 0 Å². The molecule has 2 heterocycles. The average Bonchev–Trinajstić information content (AvgIpc) is 3.21. The lowest BCUT2D eigenvalue weighted by Gasteiger charge is -2.28. The van der Waals surface area contributed by atoms with Crippen LogP contribution in [0.1, 0.15) is 51.5 Å². The van der Waals surface area contributed by atoms with Crippen LogP contribution in [0.2, 0.25) is 0 Å². The fourth-order valence-corrected chi connectivity index (χ4v) is 4.21. The number of benzene rings is 2. The van der Waals surface area contributed by atoms with Gasteiger partial charge in [-0.25, -0.2) is 4.68 Å². The fraction of sp³-hybridized carbons (Fsp3) is 0.280. The van der Waals surface area contributed by atoms with Gasteiger partial charge in [0.15, 0.2) is 0 Å². The molecule has 1 aliphatic rings. The molecule has 2 aromatic carbocycles. The largest absolute Gasteiger partial charge is 0.350 e. The van der Waals surface area contributed by atoms with E-state index in [4.69, 9.17) is 0 Å². The number of aromatic nitrogens is 2. The maximum Gasteiger partial charge on any atom is 0.262 e. The summed E-state index contributed by atoms with van der Waals surface area (Å²) in [5.41, 5.74) is 4.27. The molecular formula is C25H26N4O3. The van der Waals surface area contributed by atoms with Gasteiger partial charge in [-0.3, -0.25) is 19.3 Å². The van der Waals surface area contributed by atoms with Crippen molar-refractivity contribution >= 4 is 17.7 Å². The predicted octanol–water partition coefficient (Wildman–Crippen LogP) is 3.43. The van der Waals surface area contributed by atoms with Crippen molar-refractivity contribution in [3.05, 3.63) is 82.7 Å². The lowest BCUT2D eigenvalue weighted by atomic mass is 10.0. The van der Waals surface area contributed by atoms with Crippen LogP contribution < -0.4 is 5.32 Å². The smallest absolute Gasteiger partial charge is 0.262 e. The standard InChI is InChI=1S/C25H26N4O3/c1-15(2)22(28-24(31)19-12-8-9-13-20(19)25(28)32)23(30)26-14-21-16(3)27-29(17(21)4)18-10-6-5-7-11-18/h5-13,15,22H,14H2,1-4H3,(H,26,30). The third-order valence-corrected chi connectivity index (χ3v) is 5.89. The second-order valence-electron chi connectivity index (χ2n) is 8.33. The Morgan fingerprint density at radius 3 is 2.06 bits per heavy atom. The van der Waals surface area contributed by atoms with E-state index in [1.807, 2.05) is 62.7 Å². The molecule has 0 aliphatic carbocycles. The van der Waals surface area contributed by atoms with Gasteiger partial charge in [-0.05, 0) is 44.0 Å². The summed E-state index contributed by atoms with van der Waals surface area (Å²) >= 11 is 0. The highest BCUT2D eigenvalue weighted by Crippen LogP contribution is 2.27. The second kappa shape index (κ2) is 8.42. The minimum Gasteiger partial charge on any atom is -0.350 e. The number of carbonyl (C=O) groups is 3. The van der Waals surface area contributed by atoms with Crippen LogP contribution in [-0.2, 0) is 11.3 Å². The summed E-state index contributed by atoms with van der Waals surface area (Å²) < 4.78 is 1.85. The molecule has 3 amide bonds. The van der Waals surface area contributed by atoms with Gasteiger partial charge in [0, 0.05) is 17.8 Å². The third kappa shape index (κ3) is 3.60. The molecule has 3 aromatic rings. The fourth-order valence-electron chi connectivity index (χ4n) is 4.21. The minimum atomic E-state index is -0.896. The molecule has 1 unspecified atom stereocenters. The van der Waals surface area contributed by atoms with Crippen LogP contribution in [-0.4, -0.2) is 38.4 Å². The number of carbonyl (C=O) groups excluding carboxylic acids is 3. The van der Waals surface area contributed by atoms with Gasteiger partial charge in [0.05, 0.1) is 22.5 Å². The number of fused-ring (bicyclic) bond motifs is 1. The molecule has 4 rings (SSSR count). The van der Waals surface area contributed by atoms with E-state index in [2.05, 4.69) is 10.4 Å². The molecule has 32 heavy (non-hydrogen) atoms. The molecule has 0 bridgehead atoms. The van der Waals surface area contributed by atoms with E-state index < -0.39 is 17.9 Å². The number of amides is 3. The van der Waals surface area contributed by atoms with Crippen LogP contribution in [0.3, 0.4) is 0 Å². The highest BCUT2D eigenvalue weighted by atomic mass is 16.2. The molecule has 1 N–H and O–H groups in total. The predicted molar refractivity (Wildman–Crippen MR) is 120 cm³/mol. The monoisotopic (exact) mass is 430 g/mol. The molecule has 0 fully saturated rings. The lowest BCUT2D eigenvalue weighted by molar-refractivity contribution is -0.126. The molecule has 7 nitrogen and oxygen atoms in total. The van der Waals surface area contributed by atoms with Crippen molar-refractivity contribution in [2.24, 2.45) is 5.92 Å². The SMILES string of the molecule is Cc1nn(-c2ccccc2)c(C)c1CNC(=O)C(C(C)C)N1C(=O)c2ccccc2C1=O. The van der Waals surface area contributed by atoms with Gasteiger partial charge >= 0.3 is 0 Å². The van der Waals surface area contributed by atoms with Crippen LogP contribution in [0, 0.1) is 19.8 Å². The summed E-state index contributed by atoms with van der Waals surface area (Å²) in [7, 11) is 0. The number of rotatable bonds is 6. The summed E-state index contributed by atoms with van der Waals surface area (Å²) in [6.45, 7) is 7.78. The molecule has 0 saturated carbocycles. The third-order valence-electron chi connectivity index (χ3n) is 5.89. The van der Waals surface area contributed by atoms with Gasteiger partial charge in [0.1, 0.15) is 6.04 Å². The van der Waals surface area contributed by atoms with Crippen LogP contribution in [0.25, 0.3) is 5.69 Å². The van der Waals surface area contributed by atoms with E-state index in [-0.39, 0.29) is 18.4 Å². The van der Waals surface area contributed by atoms with Crippen LogP contribution in [0.15, 0.2) is 54.6 Å². The van der Waals surface area contributed by atoms with E-state index >= 15 is 0 Å². The molecule has 0 radical (unpaired) electrons. The van der Waals surface area contributed by atoms with Gasteiger partial charge in [-0.1, -0.05) is 44.2 Å². The van der Waals surface area contributed by atoms with Crippen molar-refractivity contribution in [3.63, 3.8) is 0 Å². The summed E-state index contributed by atoms with van der Waals surface area (Å²) in [5.74, 6) is -1.46. The Bertz CT molecular complexity index is 1160. The van der Waals surface area contributed by atoms with Gasteiger partial charge < -0.3 is 5.32 Å². The number of nitrogens with zero attached hydrogens (tertiary/aromatic N) is 3. The summed E-state index contributed by atoms with van der Waals surface area (Å²) in [6, 6.07) is 15.6. The number of hydrogen-bond acceptors (Lipinski definition) is 4. The normalized spacial score (nSPS) is 14.1. The Morgan fingerprint density at radius 2 is 1.50 bits per heavy atom. The van der Waals surface area contributed by atoms with Crippen molar-refractivity contribution in [3.8, 4) is 5.69 Å². The molecule has 1 atom stereocenters. The number of nitrogens with one attached hydrogen (secondary N) is 1.